The fraction of sp³-hybridized carbons (Fsp3) is 0.909. The van der Waals surface area contributed by atoms with Crippen LogP contribution in [-0.4, -0.2) is 36.9 Å². The van der Waals surface area contributed by atoms with E-state index in [-0.39, 0.29) is 5.67 Å². The van der Waals surface area contributed by atoms with Gasteiger partial charge in [0.2, 0.25) is 6.08 Å². The molecule has 0 aromatic heterocycles. The van der Waals surface area contributed by atoms with Crippen molar-refractivity contribution < 1.29 is 13.0 Å². The van der Waals surface area contributed by atoms with Crippen LogP contribution in [0.3, 0.4) is 0 Å². The Morgan fingerprint density at radius 1 is 1.00 bits per heavy atom. The molecule has 0 aliphatic rings. The number of hydrogen-bond acceptors (Lipinski definition) is 4. The van der Waals surface area contributed by atoms with Crippen molar-refractivity contribution in [2.75, 3.05) is 0 Å². The maximum absolute atomic E-state index is 10.6. The van der Waals surface area contributed by atoms with Crippen LogP contribution in [0.1, 0.15) is 13.3 Å². The molecule has 0 aromatic rings. The second-order valence-corrected chi connectivity index (χ2v) is 19.4. The van der Waals surface area contributed by atoms with Crippen molar-refractivity contribution in [2.24, 2.45) is 4.99 Å². The van der Waals surface area contributed by atoms with Gasteiger partial charge in [0, 0.05) is 0 Å². The number of aliphatic imine (C=N–C) groups is 1. The zero-order valence-electron chi connectivity index (χ0n) is 13.0. The van der Waals surface area contributed by atoms with E-state index < -0.39 is 25.2 Å². The van der Waals surface area contributed by atoms with Crippen molar-refractivity contribution in [3.05, 3.63) is 0 Å². The number of carbonyl (C=O) groups excluding carboxylic acids is 1. The van der Waals surface area contributed by atoms with Gasteiger partial charge in [-0.25, -0.2) is 9.79 Å². The molecular formula is C11H27NO3Si3. The predicted molar refractivity (Wildman–Crippen MR) is 82.7 cm³/mol. The average molecular weight is 306 g/mol. The van der Waals surface area contributed by atoms with Crippen molar-refractivity contribution in [2.45, 2.75) is 64.8 Å². The predicted octanol–water partition coefficient (Wildman–Crippen LogP) is 3.42. The van der Waals surface area contributed by atoms with Crippen LogP contribution in [0.4, 0.5) is 0 Å². The van der Waals surface area contributed by atoms with Gasteiger partial charge in [0.1, 0.15) is 5.67 Å². The van der Waals surface area contributed by atoms with E-state index in [0.29, 0.717) is 0 Å². The molecule has 0 radical (unpaired) electrons. The molecule has 0 bridgehead atoms. The second kappa shape index (κ2) is 6.40. The minimum absolute atomic E-state index is 0.159. The highest BCUT2D eigenvalue weighted by Crippen LogP contribution is 2.26. The molecule has 0 rings (SSSR count). The first-order valence-electron chi connectivity index (χ1n) is 6.41. The molecule has 0 fully saturated rings. The van der Waals surface area contributed by atoms with Gasteiger partial charge >= 0.3 is 8.56 Å². The quantitative estimate of drug-likeness (QED) is 0.411. The molecule has 0 saturated heterocycles. The summed E-state index contributed by atoms with van der Waals surface area (Å²) in [5, 5.41) is 0. The van der Waals surface area contributed by atoms with Crippen molar-refractivity contribution in [1.29, 1.82) is 0 Å². The van der Waals surface area contributed by atoms with Crippen LogP contribution < -0.4 is 0 Å². The van der Waals surface area contributed by atoms with E-state index in [1.165, 1.54) is 0 Å². The monoisotopic (exact) mass is 305 g/mol. The molecule has 4 nitrogen and oxygen atoms in total. The van der Waals surface area contributed by atoms with Gasteiger partial charge in [0.25, 0.3) is 0 Å². The molecule has 0 spiro atoms. The Morgan fingerprint density at radius 3 is 1.61 bits per heavy atom. The van der Waals surface area contributed by atoms with Crippen LogP contribution in [-0.2, 0) is 13.0 Å². The van der Waals surface area contributed by atoms with Gasteiger partial charge in [-0.15, -0.1) is 0 Å². The van der Waals surface area contributed by atoms with E-state index in [1.54, 1.807) is 6.08 Å². The summed E-state index contributed by atoms with van der Waals surface area (Å²) in [4.78, 5) is 14.5. The lowest BCUT2D eigenvalue weighted by Crippen LogP contribution is -2.59. The highest BCUT2D eigenvalue weighted by Gasteiger charge is 2.46. The van der Waals surface area contributed by atoms with Gasteiger partial charge in [-0.2, -0.15) is 0 Å². The Balaban J connectivity index is 5.31. The van der Waals surface area contributed by atoms with Crippen LogP contribution >= 0.6 is 0 Å². The summed E-state index contributed by atoms with van der Waals surface area (Å²) < 4.78 is 12.6. The highest BCUT2D eigenvalue weighted by molar-refractivity contribution is 6.88. The Bertz CT molecular complexity index is 300. The zero-order valence-corrected chi connectivity index (χ0v) is 16.0. The van der Waals surface area contributed by atoms with Gasteiger partial charge < -0.3 is 8.23 Å². The maximum atomic E-state index is 10.6. The van der Waals surface area contributed by atoms with Crippen molar-refractivity contribution in [1.82, 2.24) is 0 Å². The molecule has 0 aliphatic carbocycles. The van der Waals surface area contributed by atoms with Gasteiger partial charge in [-0.3, -0.25) is 0 Å². The number of isocyanates is 1. The molecule has 1 unspecified atom stereocenters. The largest absolute Gasteiger partial charge is 0.435 e. The van der Waals surface area contributed by atoms with E-state index in [1.807, 2.05) is 13.5 Å². The van der Waals surface area contributed by atoms with E-state index >= 15 is 0 Å². The van der Waals surface area contributed by atoms with Crippen molar-refractivity contribution >= 4 is 31.3 Å². The Morgan fingerprint density at radius 2 is 1.39 bits per heavy atom. The Kier molecular flexibility index (Phi) is 6.39. The molecule has 0 aromatic carbocycles. The first-order chi connectivity index (χ1) is 7.93. The fourth-order valence-electron chi connectivity index (χ4n) is 2.02. The van der Waals surface area contributed by atoms with E-state index in [0.717, 1.165) is 6.42 Å². The van der Waals surface area contributed by atoms with Gasteiger partial charge in [0.05, 0.1) is 0 Å². The molecule has 0 N–H and O–H groups in total. The van der Waals surface area contributed by atoms with Crippen molar-refractivity contribution in [3.63, 3.8) is 0 Å². The smallest absolute Gasteiger partial charge is 0.340 e. The lowest BCUT2D eigenvalue weighted by molar-refractivity contribution is 0.363. The summed E-state index contributed by atoms with van der Waals surface area (Å²) in [5.74, 6) is 0. The normalized spacial score (nSPS) is 15.1. The van der Waals surface area contributed by atoms with Crippen LogP contribution in [0, 0.1) is 0 Å². The van der Waals surface area contributed by atoms with Crippen molar-refractivity contribution in [3.8, 4) is 0 Å². The van der Waals surface area contributed by atoms with Crippen LogP contribution in [0.2, 0.25) is 45.8 Å². The third-order valence-electron chi connectivity index (χ3n) is 2.22. The Hall–Kier alpha value is -0.0494. The molecule has 18 heavy (non-hydrogen) atoms. The van der Waals surface area contributed by atoms with Crippen LogP contribution in [0.5, 0.6) is 0 Å². The Labute approximate surface area is 114 Å². The summed E-state index contributed by atoms with van der Waals surface area (Å²) >= 11 is 0. The minimum Gasteiger partial charge on any atom is -0.435 e. The average Bonchev–Trinajstić information content (AvgIpc) is 2.07. The molecule has 0 heterocycles. The number of hydrogen-bond donors (Lipinski definition) is 0. The third-order valence-corrected chi connectivity index (χ3v) is 12.1. The molecule has 0 amide bonds. The molecule has 0 saturated carbocycles. The molecule has 0 aliphatic heterocycles. The molecular weight excluding hydrogens is 278 g/mol. The minimum atomic E-state index is -2.48. The molecule has 106 valence electrons. The summed E-state index contributed by atoms with van der Waals surface area (Å²) in [7, 11) is -5.94. The van der Waals surface area contributed by atoms with Gasteiger partial charge in [-0.05, 0) is 52.2 Å². The first kappa shape index (κ1) is 18.0. The van der Waals surface area contributed by atoms with Crippen LogP contribution in [0.25, 0.3) is 0 Å². The standard InChI is InChI=1S/C11H27NO3Si3/c1-9-11(12-10-13)18(8,14-16(2,3)4)15-17(5,6)7/h11H,9H2,1-8H3. The second-order valence-electron chi connectivity index (χ2n) is 6.59. The molecule has 1 atom stereocenters. The first-order valence-corrected chi connectivity index (χ1v) is 15.6. The fourth-order valence-corrected chi connectivity index (χ4v) is 14.4. The third kappa shape index (κ3) is 6.77. The maximum Gasteiger partial charge on any atom is 0.340 e. The SMILES string of the molecule is CCC(N=C=O)[Si](C)(O[Si](C)(C)C)O[Si](C)(C)C. The summed E-state index contributed by atoms with van der Waals surface area (Å²) in [6.45, 7) is 16.9. The lowest BCUT2D eigenvalue weighted by Gasteiger charge is -2.40. The number of rotatable bonds is 7. The number of nitrogens with zero attached hydrogens (tertiary/aromatic N) is 1. The topological polar surface area (TPSA) is 47.9 Å². The van der Waals surface area contributed by atoms with E-state index in [2.05, 4.69) is 44.3 Å². The zero-order chi connectivity index (χ0) is 14.6. The molecule has 7 heteroatoms. The van der Waals surface area contributed by atoms with Crippen LogP contribution in [0.15, 0.2) is 4.99 Å². The highest BCUT2D eigenvalue weighted by atomic mass is 28.5. The summed E-state index contributed by atoms with van der Waals surface area (Å²) in [6, 6.07) is 0. The summed E-state index contributed by atoms with van der Waals surface area (Å²) in [6.07, 6.45) is 2.43. The lowest BCUT2D eigenvalue weighted by atomic mass is 10.5. The van der Waals surface area contributed by atoms with Gasteiger partial charge in [-0.1, -0.05) is 6.92 Å². The summed E-state index contributed by atoms with van der Waals surface area (Å²) in [5.41, 5.74) is -0.159. The van der Waals surface area contributed by atoms with E-state index in [4.69, 9.17) is 8.23 Å². The van der Waals surface area contributed by atoms with E-state index in [9.17, 15) is 4.79 Å². The van der Waals surface area contributed by atoms with Gasteiger partial charge in [0.15, 0.2) is 16.6 Å².